The van der Waals surface area contributed by atoms with Gasteiger partial charge in [-0.25, -0.2) is 4.79 Å². The molecule has 102 valence electrons. The molecule has 6 nitrogen and oxygen atoms in total. The van der Waals surface area contributed by atoms with Crippen molar-refractivity contribution in [3.8, 4) is 5.75 Å². The second-order valence-corrected chi connectivity index (χ2v) is 10.2. The van der Waals surface area contributed by atoms with Crippen LogP contribution in [0.5, 0.6) is 5.75 Å². The summed E-state index contributed by atoms with van der Waals surface area (Å²) in [5, 5.41) is 11.6. The Morgan fingerprint density at radius 3 is 2.68 bits per heavy atom. The van der Waals surface area contributed by atoms with Crippen LogP contribution in [0.1, 0.15) is 6.92 Å². The molecule has 1 aromatic heterocycles. The molecule has 0 aliphatic carbocycles. The standard InChI is InChI=1S/C12H17N3O3Si/c1-5-17-12(16)18-11-9(19(2,3)4)7-6-8-10(11)14-15-13-8/h6-7H,5H2,1-4H3,(H,13,14,15). The van der Waals surface area contributed by atoms with E-state index >= 15 is 0 Å². The molecule has 0 unspecified atom stereocenters. The quantitative estimate of drug-likeness (QED) is 0.528. The van der Waals surface area contributed by atoms with Crippen LogP contribution in [-0.4, -0.2) is 36.2 Å². The Hall–Kier alpha value is -1.89. The number of carbonyl (C=O) groups is 1. The number of ether oxygens (including phenoxy) is 2. The molecule has 0 amide bonds. The summed E-state index contributed by atoms with van der Waals surface area (Å²) in [6.07, 6.45) is -0.711. The van der Waals surface area contributed by atoms with Gasteiger partial charge >= 0.3 is 6.16 Å². The maximum absolute atomic E-state index is 11.6. The van der Waals surface area contributed by atoms with Crippen molar-refractivity contribution in [1.82, 2.24) is 15.4 Å². The molecule has 1 aromatic carbocycles. The first kappa shape index (κ1) is 13.5. The van der Waals surface area contributed by atoms with E-state index in [0.717, 1.165) is 5.19 Å². The monoisotopic (exact) mass is 279 g/mol. The van der Waals surface area contributed by atoms with Crippen molar-refractivity contribution in [1.29, 1.82) is 0 Å². The minimum Gasteiger partial charge on any atom is -0.434 e. The van der Waals surface area contributed by atoms with Crippen molar-refractivity contribution in [3.63, 3.8) is 0 Å². The van der Waals surface area contributed by atoms with E-state index in [9.17, 15) is 4.79 Å². The molecule has 1 heterocycles. The lowest BCUT2D eigenvalue weighted by molar-refractivity contribution is 0.105. The first-order valence-corrected chi connectivity index (χ1v) is 9.62. The number of hydrogen-bond acceptors (Lipinski definition) is 5. The summed E-state index contributed by atoms with van der Waals surface area (Å²) < 4.78 is 10.2. The fourth-order valence-electron chi connectivity index (χ4n) is 1.81. The van der Waals surface area contributed by atoms with Gasteiger partial charge in [0.05, 0.1) is 14.7 Å². The zero-order chi connectivity index (χ0) is 14.0. The van der Waals surface area contributed by atoms with E-state index in [0.29, 0.717) is 16.8 Å². The van der Waals surface area contributed by atoms with Crippen molar-refractivity contribution >= 4 is 30.4 Å². The molecular weight excluding hydrogens is 262 g/mol. The number of nitrogens with zero attached hydrogens (tertiary/aromatic N) is 2. The zero-order valence-corrected chi connectivity index (χ0v) is 12.5. The van der Waals surface area contributed by atoms with Crippen LogP contribution in [0, 0.1) is 0 Å². The van der Waals surface area contributed by atoms with Gasteiger partial charge < -0.3 is 9.47 Å². The topological polar surface area (TPSA) is 77.1 Å². The van der Waals surface area contributed by atoms with E-state index in [1.54, 1.807) is 6.92 Å². The van der Waals surface area contributed by atoms with Gasteiger partial charge in [-0.2, -0.15) is 15.4 Å². The molecule has 0 fully saturated rings. The maximum atomic E-state index is 11.6. The lowest BCUT2D eigenvalue weighted by Gasteiger charge is -2.19. The maximum Gasteiger partial charge on any atom is 0.513 e. The largest absolute Gasteiger partial charge is 0.513 e. The Balaban J connectivity index is 2.53. The summed E-state index contributed by atoms with van der Waals surface area (Å²) in [6.45, 7) is 8.53. The van der Waals surface area contributed by atoms with Gasteiger partial charge in [0, 0.05) is 0 Å². The van der Waals surface area contributed by atoms with Crippen LogP contribution in [0.25, 0.3) is 11.0 Å². The first-order valence-electron chi connectivity index (χ1n) is 6.12. The number of nitrogens with one attached hydrogen (secondary N) is 1. The average molecular weight is 279 g/mol. The SMILES string of the molecule is CCOC(=O)Oc1c([Si](C)(C)C)ccc2n[nH]nc12. The Kier molecular flexibility index (Phi) is 3.56. The van der Waals surface area contributed by atoms with Crippen LogP contribution in [0.4, 0.5) is 4.79 Å². The predicted molar refractivity (Wildman–Crippen MR) is 74.5 cm³/mol. The summed E-state index contributed by atoms with van der Waals surface area (Å²) in [5.41, 5.74) is 1.23. The summed E-state index contributed by atoms with van der Waals surface area (Å²) in [5.74, 6) is 0.462. The molecule has 0 saturated heterocycles. The highest BCUT2D eigenvalue weighted by Crippen LogP contribution is 2.23. The zero-order valence-electron chi connectivity index (χ0n) is 11.5. The molecule has 0 bridgehead atoms. The van der Waals surface area contributed by atoms with E-state index in [1.165, 1.54) is 0 Å². The van der Waals surface area contributed by atoms with Crippen molar-refractivity contribution < 1.29 is 14.3 Å². The number of aromatic nitrogens is 3. The van der Waals surface area contributed by atoms with Gasteiger partial charge in [-0.15, -0.1) is 0 Å². The normalized spacial score (nSPS) is 11.6. The van der Waals surface area contributed by atoms with Gasteiger partial charge in [-0.1, -0.05) is 25.7 Å². The number of hydrogen-bond donors (Lipinski definition) is 1. The number of rotatable bonds is 3. The van der Waals surface area contributed by atoms with Crippen LogP contribution >= 0.6 is 0 Å². The molecule has 7 heteroatoms. The Morgan fingerprint density at radius 1 is 1.32 bits per heavy atom. The predicted octanol–water partition coefficient (Wildman–Crippen LogP) is 2.04. The minimum atomic E-state index is -1.67. The van der Waals surface area contributed by atoms with E-state index < -0.39 is 14.2 Å². The third-order valence-corrected chi connectivity index (χ3v) is 4.71. The summed E-state index contributed by atoms with van der Waals surface area (Å²) >= 11 is 0. The third-order valence-electron chi connectivity index (χ3n) is 2.70. The Bertz CT molecular complexity index is 604. The van der Waals surface area contributed by atoms with Gasteiger partial charge in [0.15, 0.2) is 11.3 Å². The molecule has 2 aromatic rings. The molecule has 0 saturated carbocycles. The van der Waals surface area contributed by atoms with Crippen LogP contribution < -0.4 is 9.92 Å². The highest BCUT2D eigenvalue weighted by molar-refractivity contribution is 6.89. The molecular formula is C12H17N3O3Si. The fourth-order valence-corrected chi connectivity index (χ4v) is 3.25. The number of carbonyl (C=O) groups excluding carboxylic acids is 1. The van der Waals surface area contributed by atoms with Crippen molar-refractivity contribution in [2.24, 2.45) is 0 Å². The van der Waals surface area contributed by atoms with Crippen LogP contribution in [0.2, 0.25) is 19.6 Å². The molecule has 0 aliphatic rings. The summed E-state index contributed by atoms with van der Waals surface area (Å²) in [6, 6.07) is 3.83. The molecule has 0 spiro atoms. The summed E-state index contributed by atoms with van der Waals surface area (Å²) in [4.78, 5) is 11.6. The van der Waals surface area contributed by atoms with Crippen molar-refractivity contribution in [2.45, 2.75) is 26.6 Å². The molecule has 0 atom stereocenters. The number of benzene rings is 1. The van der Waals surface area contributed by atoms with E-state index in [4.69, 9.17) is 9.47 Å². The number of aromatic amines is 1. The van der Waals surface area contributed by atoms with Gasteiger partial charge in [-0.3, -0.25) is 0 Å². The van der Waals surface area contributed by atoms with Gasteiger partial charge in [0.25, 0.3) is 0 Å². The van der Waals surface area contributed by atoms with Crippen LogP contribution in [0.15, 0.2) is 12.1 Å². The molecule has 1 N–H and O–H groups in total. The molecule has 0 aliphatic heterocycles. The number of H-pyrrole nitrogens is 1. The summed E-state index contributed by atoms with van der Waals surface area (Å²) in [7, 11) is -1.67. The lowest BCUT2D eigenvalue weighted by Crippen LogP contribution is -2.39. The van der Waals surface area contributed by atoms with Crippen LogP contribution in [0.3, 0.4) is 0 Å². The Labute approximate surface area is 112 Å². The highest BCUT2D eigenvalue weighted by atomic mass is 28.3. The molecule has 19 heavy (non-hydrogen) atoms. The van der Waals surface area contributed by atoms with Crippen molar-refractivity contribution in [2.75, 3.05) is 6.61 Å². The lowest BCUT2D eigenvalue weighted by atomic mass is 10.3. The second kappa shape index (κ2) is 5.00. The first-order chi connectivity index (χ1) is 8.93. The molecule has 2 rings (SSSR count). The molecule has 0 radical (unpaired) electrons. The van der Waals surface area contributed by atoms with E-state index in [2.05, 4.69) is 35.1 Å². The smallest absolute Gasteiger partial charge is 0.434 e. The minimum absolute atomic E-state index is 0.274. The van der Waals surface area contributed by atoms with Gasteiger partial charge in [0.1, 0.15) is 5.52 Å². The van der Waals surface area contributed by atoms with Crippen LogP contribution in [-0.2, 0) is 4.74 Å². The number of fused-ring (bicyclic) bond motifs is 1. The van der Waals surface area contributed by atoms with Crippen molar-refractivity contribution in [3.05, 3.63) is 12.1 Å². The van der Waals surface area contributed by atoms with E-state index in [1.807, 2.05) is 12.1 Å². The third kappa shape index (κ3) is 2.76. The Morgan fingerprint density at radius 2 is 2.05 bits per heavy atom. The second-order valence-electron chi connectivity index (χ2n) is 5.17. The van der Waals surface area contributed by atoms with Gasteiger partial charge in [0.2, 0.25) is 0 Å². The highest BCUT2D eigenvalue weighted by Gasteiger charge is 2.26. The fraction of sp³-hybridized carbons (Fsp3) is 0.417. The van der Waals surface area contributed by atoms with Gasteiger partial charge in [-0.05, 0) is 18.2 Å². The van der Waals surface area contributed by atoms with E-state index in [-0.39, 0.29) is 6.61 Å². The average Bonchev–Trinajstić information content (AvgIpc) is 2.76.